The van der Waals surface area contributed by atoms with Crippen LogP contribution in [0.4, 0.5) is 5.13 Å². The number of amides is 1. The summed E-state index contributed by atoms with van der Waals surface area (Å²) in [6.07, 6.45) is 0.982. The molecule has 0 spiro atoms. The topological polar surface area (TPSA) is 45.7 Å². The van der Waals surface area contributed by atoms with Gasteiger partial charge in [0.2, 0.25) is 0 Å². The number of anilines is 1. The highest BCUT2D eigenvalue weighted by Crippen LogP contribution is 2.31. The highest BCUT2D eigenvalue weighted by Gasteiger charge is 2.22. The van der Waals surface area contributed by atoms with Crippen LogP contribution in [-0.2, 0) is 6.42 Å². The molecule has 0 N–H and O–H groups in total. The number of hydrogen-bond acceptors (Lipinski definition) is 5. The van der Waals surface area contributed by atoms with E-state index < -0.39 is 0 Å². The van der Waals surface area contributed by atoms with Crippen LogP contribution in [0, 0.1) is 0 Å². The molecular weight excluding hydrogens is 358 g/mol. The van der Waals surface area contributed by atoms with Gasteiger partial charge in [-0.3, -0.25) is 9.69 Å². The minimum atomic E-state index is -0.0643. The summed E-state index contributed by atoms with van der Waals surface area (Å²) >= 11 is 1.56. The van der Waals surface area contributed by atoms with Gasteiger partial charge in [-0.1, -0.05) is 30.4 Å². The fourth-order valence-corrected chi connectivity index (χ4v) is 3.84. The summed E-state index contributed by atoms with van der Waals surface area (Å²) in [7, 11) is 5.60. The molecule has 2 aromatic carbocycles. The summed E-state index contributed by atoms with van der Waals surface area (Å²) in [4.78, 5) is 21.8. The van der Waals surface area contributed by atoms with Crippen molar-refractivity contribution in [2.24, 2.45) is 0 Å². The number of aromatic nitrogens is 1. The molecule has 6 heteroatoms. The standard InChI is InChI=1S/C21H25N3O2S/c1-5-15-9-10-18-19(13-15)27-21(22-18)24(12-11-23(2)3)20(25)16-7-6-8-17(14-16)26-4/h6-10,13-14H,5,11-12H2,1-4H3. The lowest BCUT2D eigenvalue weighted by Crippen LogP contribution is -2.36. The minimum Gasteiger partial charge on any atom is -0.497 e. The lowest BCUT2D eigenvalue weighted by atomic mass is 10.2. The van der Waals surface area contributed by atoms with Crippen molar-refractivity contribution in [3.8, 4) is 5.75 Å². The number of ether oxygens (including phenoxy) is 1. The van der Waals surface area contributed by atoms with E-state index in [0.29, 0.717) is 17.9 Å². The average Bonchev–Trinajstić information content (AvgIpc) is 3.10. The number of thiazole rings is 1. The number of nitrogens with zero attached hydrogens (tertiary/aromatic N) is 3. The van der Waals surface area contributed by atoms with Crippen molar-refractivity contribution < 1.29 is 9.53 Å². The number of likely N-dealkylation sites (N-methyl/N-ethyl adjacent to an activating group) is 1. The molecule has 1 aromatic heterocycles. The third kappa shape index (κ3) is 4.46. The zero-order chi connectivity index (χ0) is 19.4. The summed E-state index contributed by atoms with van der Waals surface area (Å²) in [6.45, 7) is 3.47. The molecule has 27 heavy (non-hydrogen) atoms. The van der Waals surface area contributed by atoms with E-state index in [1.54, 1.807) is 29.4 Å². The molecule has 0 fully saturated rings. The van der Waals surface area contributed by atoms with Crippen molar-refractivity contribution in [3.63, 3.8) is 0 Å². The monoisotopic (exact) mass is 383 g/mol. The van der Waals surface area contributed by atoms with Crippen LogP contribution in [0.3, 0.4) is 0 Å². The molecule has 0 atom stereocenters. The average molecular weight is 384 g/mol. The van der Waals surface area contributed by atoms with Crippen LogP contribution in [0.25, 0.3) is 10.2 Å². The molecule has 1 heterocycles. The Morgan fingerprint density at radius 3 is 2.67 bits per heavy atom. The summed E-state index contributed by atoms with van der Waals surface area (Å²) in [5, 5.41) is 0.730. The van der Waals surface area contributed by atoms with Gasteiger partial charge < -0.3 is 9.64 Å². The van der Waals surface area contributed by atoms with Crippen LogP contribution in [0.15, 0.2) is 42.5 Å². The number of hydrogen-bond donors (Lipinski definition) is 0. The van der Waals surface area contributed by atoms with Crippen LogP contribution in [0.5, 0.6) is 5.75 Å². The Balaban J connectivity index is 1.98. The molecular formula is C21H25N3O2S. The molecule has 0 aliphatic rings. The fourth-order valence-electron chi connectivity index (χ4n) is 2.79. The first-order valence-corrected chi connectivity index (χ1v) is 9.83. The second-order valence-electron chi connectivity index (χ2n) is 6.64. The van der Waals surface area contributed by atoms with Crippen molar-refractivity contribution in [1.82, 2.24) is 9.88 Å². The first kappa shape index (κ1) is 19.3. The van der Waals surface area contributed by atoms with Crippen molar-refractivity contribution in [2.45, 2.75) is 13.3 Å². The van der Waals surface area contributed by atoms with Crippen LogP contribution >= 0.6 is 11.3 Å². The van der Waals surface area contributed by atoms with Gasteiger partial charge >= 0.3 is 0 Å². The van der Waals surface area contributed by atoms with E-state index in [4.69, 9.17) is 9.72 Å². The molecule has 0 aliphatic carbocycles. The van der Waals surface area contributed by atoms with Gasteiger partial charge in [0.1, 0.15) is 5.75 Å². The van der Waals surface area contributed by atoms with Crippen LogP contribution < -0.4 is 9.64 Å². The van der Waals surface area contributed by atoms with Gasteiger partial charge in [0, 0.05) is 18.7 Å². The van der Waals surface area contributed by atoms with E-state index in [9.17, 15) is 4.79 Å². The first-order chi connectivity index (χ1) is 13.0. The SMILES string of the molecule is CCc1ccc2nc(N(CCN(C)C)C(=O)c3cccc(OC)c3)sc2c1. The summed E-state index contributed by atoms with van der Waals surface area (Å²) < 4.78 is 6.38. The van der Waals surface area contributed by atoms with Crippen LogP contribution in [0.1, 0.15) is 22.8 Å². The maximum absolute atomic E-state index is 13.2. The molecule has 142 valence electrons. The van der Waals surface area contributed by atoms with Crippen molar-refractivity contribution >= 4 is 32.6 Å². The number of fused-ring (bicyclic) bond motifs is 1. The summed E-state index contributed by atoms with van der Waals surface area (Å²) in [5.74, 6) is 0.607. The van der Waals surface area contributed by atoms with Crippen molar-refractivity contribution in [2.75, 3.05) is 39.2 Å². The van der Waals surface area contributed by atoms with E-state index in [2.05, 4.69) is 24.0 Å². The third-order valence-corrected chi connectivity index (χ3v) is 5.45. The van der Waals surface area contributed by atoms with Gasteiger partial charge in [0.05, 0.1) is 17.3 Å². The van der Waals surface area contributed by atoms with E-state index in [1.165, 1.54) is 5.56 Å². The number of rotatable bonds is 7. The Hall–Kier alpha value is -2.44. The Bertz CT molecular complexity index is 936. The molecule has 0 unspecified atom stereocenters. The highest BCUT2D eigenvalue weighted by atomic mass is 32.1. The molecule has 0 saturated carbocycles. The Morgan fingerprint density at radius 1 is 1.15 bits per heavy atom. The van der Waals surface area contributed by atoms with E-state index in [0.717, 1.165) is 28.3 Å². The van der Waals surface area contributed by atoms with E-state index in [1.807, 2.05) is 38.4 Å². The lowest BCUT2D eigenvalue weighted by molar-refractivity contribution is 0.0985. The number of carbonyl (C=O) groups is 1. The molecule has 3 aromatic rings. The van der Waals surface area contributed by atoms with Crippen molar-refractivity contribution in [1.29, 1.82) is 0 Å². The molecule has 0 radical (unpaired) electrons. The van der Waals surface area contributed by atoms with Gasteiger partial charge in [-0.15, -0.1) is 0 Å². The molecule has 3 rings (SSSR count). The molecule has 1 amide bonds. The van der Waals surface area contributed by atoms with E-state index >= 15 is 0 Å². The fraction of sp³-hybridized carbons (Fsp3) is 0.333. The van der Waals surface area contributed by atoms with Gasteiger partial charge in [0.25, 0.3) is 5.91 Å². The normalized spacial score (nSPS) is 11.1. The Labute approximate surface area is 164 Å². The number of benzene rings is 2. The molecule has 0 bridgehead atoms. The second kappa shape index (κ2) is 8.50. The highest BCUT2D eigenvalue weighted by molar-refractivity contribution is 7.22. The number of methoxy groups -OCH3 is 1. The van der Waals surface area contributed by atoms with Gasteiger partial charge in [-0.05, 0) is 56.4 Å². The third-order valence-electron chi connectivity index (χ3n) is 4.41. The predicted octanol–water partition coefficient (Wildman–Crippen LogP) is 4.08. The van der Waals surface area contributed by atoms with Crippen LogP contribution in [-0.4, -0.2) is 50.1 Å². The maximum atomic E-state index is 13.2. The first-order valence-electron chi connectivity index (χ1n) is 9.02. The molecule has 0 aliphatic heterocycles. The summed E-state index contributed by atoms with van der Waals surface area (Å²) in [6, 6.07) is 13.6. The lowest BCUT2D eigenvalue weighted by Gasteiger charge is -2.22. The van der Waals surface area contributed by atoms with Crippen LogP contribution in [0.2, 0.25) is 0 Å². The zero-order valence-corrected chi connectivity index (χ0v) is 17.0. The van der Waals surface area contributed by atoms with E-state index in [-0.39, 0.29) is 5.91 Å². The predicted molar refractivity (Wildman–Crippen MR) is 112 cm³/mol. The maximum Gasteiger partial charge on any atom is 0.260 e. The smallest absolute Gasteiger partial charge is 0.260 e. The largest absolute Gasteiger partial charge is 0.497 e. The molecule has 0 saturated heterocycles. The van der Waals surface area contributed by atoms with Gasteiger partial charge in [-0.25, -0.2) is 4.98 Å². The summed E-state index contributed by atoms with van der Waals surface area (Å²) in [5.41, 5.74) is 2.80. The van der Waals surface area contributed by atoms with Gasteiger partial charge in [0.15, 0.2) is 5.13 Å². The Kier molecular flexibility index (Phi) is 6.08. The number of carbonyl (C=O) groups excluding carboxylic acids is 1. The second-order valence-corrected chi connectivity index (χ2v) is 7.65. The minimum absolute atomic E-state index is 0.0643. The Morgan fingerprint density at radius 2 is 1.96 bits per heavy atom. The van der Waals surface area contributed by atoms with Crippen molar-refractivity contribution in [3.05, 3.63) is 53.6 Å². The number of aryl methyl sites for hydroxylation is 1. The van der Waals surface area contributed by atoms with Gasteiger partial charge in [-0.2, -0.15) is 0 Å². The zero-order valence-electron chi connectivity index (χ0n) is 16.2. The quantitative estimate of drug-likeness (QED) is 0.617. The molecule has 5 nitrogen and oxygen atoms in total.